The topological polar surface area (TPSA) is 55.6 Å². The van der Waals surface area contributed by atoms with E-state index >= 15 is 0 Å². The summed E-state index contributed by atoms with van der Waals surface area (Å²) in [6.45, 7) is 1.08. The molecule has 3 rings (SSSR count). The largest absolute Gasteiger partial charge is 0.465 e. The molecule has 108 valence electrons. The highest BCUT2D eigenvalue weighted by molar-refractivity contribution is 5.96. The van der Waals surface area contributed by atoms with Crippen LogP contribution in [0.15, 0.2) is 18.2 Å². The Morgan fingerprint density at radius 2 is 2.10 bits per heavy atom. The normalized spacial score (nSPS) is 25.4. The highest BCUT2D eigenvalue weighted by atomic mass is 16.5. The van der Waals surface area contributed by atoms with Crippen molar-refractivity contribution in [2.24, 2.45) is 5.92 Å². The van der Waals surface area contributed by atoms with Gasteiger partial charge in [0.25, 0.3) is 0 Å². The van der Waals surface area contributed by atoms with Gasteiger partial charge in [0, 0.05) is 24.0 Å². The van der Waals surface area contributed by atoms with E-state index < -0.39 is 0 Å². The van der Waals surface area contributed by atoms with Gasteiger partial charge in [-0.1, -0.05) is 6.42 Å². The van der Waals surface area contributed by atoms with E-state index in [2.05, 4.69) is 4.90 Å². The Kier molecular flexibility index (Phi) is 3.55. The number of carbonyl (C=O) groups is 1. The number of benzene rings is 1. The number of ether oxygens (including phenoxy) is 1. The number of methoxy groups -OCH3 is 1. The average Bonchev–Trinajstić information content (AvgIpc) is 2.95. The molecule has 1 aromatic rings. The van der Waals surface area contributed by atoms with E-state index in [0.717, 1.165) is 18.2 Å². The molecule has 4 nitrogen and oxygen atoms in total. The van der Waals surface area contributed by atoms with Crippen LogP contribution in [0, 0.1) is 5.92 Å². The molecule has 2 atom stereocenters. The minimum absolute atomic E-state index is 0.357. The molecular weight excluding hydrogens is 252 g/mol. The number of hydrogen-bond donors (Lipinski definition) is 1. The van der Waals surface area contributed by atoms with Crippen molar-refractivity contribution in [2.75, 3.05) is 24.3 Å². The fourth-order valence-corrected chi connectivity index (χ4v) is 3.78. The van der Waals surface area contributed by atoms with E-state index in [1.54, 1.807) is 0 Å². The fourth-order valence-electron chi connectivity index (χ4n) is 3.78. The quantitative estimate of drug-likeness (QED) is 0.665. The van der Waals surface area contributed by atoms with Gasteiger partial charge in [0.2, 0.25) is 0 Å². The first kappa shape index (κ1) is 13.3. The predicted octanol–water partition coefficient (Wildman–Crippen LogP) is 2.82. The van der Waals surface area contributed by atoms with Crippen molar-refractivity contribution in [3.05, 3.63) is 23.8 Å². The smallest absolute Gasteiger partial charge is 0.340 e. The summed E-state index contributed by atoms with van der Waals surface area (Å²) in [4.78, 5) is 14.2. The van der Waals surface area contributed by atoms with E-state index in [1.165, 1.54) is 39.2 Å². The van der Waals surface area contributed by atoms with Crippen LogP contribution in [0.5, 0.6) is 0 Å². The standard InChI is InChI=1S/C16H22N2O2/c1-20-16(19)13-10-12(7-8-14(13)17)18-9-3-5-11-4-2-6-15(11)18/h7-8,10-11,15H,2-6,9,17H2,1H3. The molecule has 1 aromatic carbocycles. The third-order valence-electron chi connectivity index (χ3n) is 4.77. The lowest BCUT2D eigenvalue weighted by Gasteiger charge is -2.39. The summed E-state index contributed by atoms with van der Waals surface area (Å²) in [5, 5.41) is 0. The van der Waals surface area contributed by atoms with Gasteiger partial charge in [-0.3, -0.25) is 0 Å². The Morgan fingerprint density at radius 3 is 2.90 bits per heavy atom. The number of carbonyl (C=O) groups excluding carboxylic acids is 1. The zero-order valence-corrected chi connectivity index (χ0v) is 12.0. The molecule has 1 saturated heterocycles. The van der Waals surface area contributed by atoms with Crippen molar-refractivity contribution in [1.29, 1.82) is 0 Å². The second-order valence-corrected chi connectivity index (χ2v) is 5.86. The molecule has 0 radical (unpaired) electrons. The van der Waals surface area contributed by atoms with Crippen LogP contribution in [-0.2, 0) is 4.74 Å². The summed E-state index contributed by atoms with van der Waals surface area (Å²) < 4.78 is 4.81. The van der Waals surface area contributed by atoms with Crippen molar-refractivity contribution < 1.29 is 9.53 Å². The molecule has 2 aliphatic rings. The molecule has 2 N–H and O–H groups in total. The molecule has 0 amide bonds. The molecule has 1 aliphatic carbocycles. The SMILES string of the molecule is COC(=O)c1cc(N2CCCC3CCCC32)ccc1N. The number of anilines is 2. The molecule has 2 fully saturated rings. The first-order valence-electron chi connectivity index (χ1n) is 7.45. The van der Waals surface area contributed by atoms with Gasteiger partial charge >= 0.3 is 5.97 Å². The Bertz CT molecular complexity index is 515. The number of esters is 1. The summed E-state index contributed by atoms with van der Waals surface area (Å²) in [7, 11) is 1.39. The van der Waals surface area contributed by atoms with Crippen molar-refractivity contribution >= 4 is 17.3 Å². The summed E-state index contributed by atoms with van der Waals surface area (Å²) >= 11 is 0. The van der Waals surface area contributed by atoms with Gasteiger partial charge < -0.3 is 15.4 Å². The van der Waals surface area contributed by atoms with E-state index in [1.807, 2.05) is 18.2 Å². The highest BCUT2D eigenvalue weighted by Gasteiger charge is 2.35. The van der Waals surface area contributed by atoms with E-state index in [9.17, 15) is 4.79 Å². The number of nitrogens with zero attached hydrogens (tertiary/aromatic N) is 1. The molecule has 1 saturated carbocycles. The second-order valence-electron chi connectivity index (χ2n) is 5.86. The number of hydrogen-bond acceptors (Lipinski definition) is 4. The number of nitrogens with two attached hydrogens (primary N) is 1. The van der Waals surface area contributed by atoms with Crippen LogP contribution in [0.4, 0.5) is 11.4 Å². The van der Waals surface area contributed by atoms with Crippen LogP contribution in [0.3, 0.4) is 0 Å². The fraction of sp³-hybridized carbons (Fsp3) is 0.562. The third-order valence-corrected chi connectivity index (χ3v) is 4.77. The summed E-state index contributed by atoms with van der Waals surface area (Å²) in [6, 6.07) is 6.38. The summed E-state index contributed by atoms with van der Waals surface area (Å²) in [5.41, 5.74) is 7.95. The van der Waals surface area contributed by atoms with Crippen LogP contribution in [0.2, 0.25) is 0 Å². The number of piperidine rings is 1. The van der Waals surface area contributed by atoms with Gasteiger partial charge in [-0.15, -0.1) is 0 Å². The van der Waals surface area contributed by atoms with Crippen molar-refractivity contribution in [1.82, 2.24) is 0 Å². The lowest BCUT2D eigenvalue weighted by atomic mass is 9.91. The number of fused-ring (bicyclic) bond motifs is 1. The molecule has 2 unspecified atom stereocenters. The highest BCUT2D eigenvalue weighted by Crippen LogP contribution is 2.39. The maximum absolute atomic E-state index is 11.8. The Morgan fingerprint density at radius 1 is 1.30 bits per heavy atom. The Hall–Kier alpha value is -1.71. The lowest BCUT2D eigenvalue weighted by molar-refractivity contribution is 0.0602. The van der Waals surface area contributed by atoms with Crippen molar-refractivity contribution in [3.8, 4) is 0 Å². The number of rotatable bonds is 2. The van der Waals surface area contributed by atoms with Crippen molar-refractivity contribution in [3.63, 3.8) is 0 Å². The van der Waals surface area contributed by atoms with Gasteiger partial charge in [-0.05, 0) is 49.8 Å². The van der Waals surface area contributed by atoms with Crippen LogP contribution in [0.1, 0.15) is 42.5 Å². The molecular formula is C16H22N2O2. The molecule has 4 heteroatoms. The zero-order valence-electron chi connectivity index (χ0n) is 12.0. The van der Waals surface area contributed by atoms with Crippen LogP contribution in [-0.4, -0.2) is 25.7 Å². The van der Waals surface area contributed by atoms with Gasteiger partial charge in [0.15, 0.2) is 0 Å². The van der Waals surface area contributed by atoms with Gasteiger partial charge in [0.1, 0.15) is 0 Å². The molecule has 0 bridgehead atoms. The lowest BCUT2D eigenvalue weighted by Crippen LogP contribution is -2.42. The van der Waals surface area contributed by atoms with E-state index in [0.29, 0.717) is 17.3 Å². The van der Waals surface area contributed by atoms with Crippen LogP contribution in [0.25, 0.3) is 0 Å². The number of nitrogen functional groups attached to an aromatic ring is 1. The molecule has 0 spiro atoms. The van der Waals surface area contributed by atoms with E-state index in [-0.39, 0.29) is 5.97 Å². The maximum Gasteiger partial charge on any atom is 0.340 e. The monoisotopic (exact) mass is 274 g/mol. The predicted molar refractivity (Wildman–Crippen MR) is 79.9 cm³/mol. The Balaban J connectivity index is 1.91. The minimum atomic E-state index is -0.357. The van der Waals surface area contributed by atoms with E-state index in [4.69, 9.17) is 10.5 Å². The molecule has 20 heavy (non-hydrogen) atoms. The molecule has 1 aliphatic heterocycles. The second kappa shape index (κ2) is 5.35. The minimum Gasteiger partial charge on any atom is -0.465 e. The maximum atomic E-state index is 11.8. The van der Waals surface area contributed by atoms with Crippen LogP contribution >= 0.6 is 0 Å². The van der Waals surface area contributed by atoms with Gasteiger partial charge in [-0.25, -0.2) is 4.79 Å². The first-order chi connectivity index (χ1) is 9.70. The first-order valence-corrected chi connectivity index (χ1v) is 7.45. The van der Waals surface area contributed by atoms with Gasteiger partial charge in [-0.2, -0.15) is 0 Å². The summed E-state index contributed by atoms with van der Waals surface area (Å²) in [5.74, 6) is 0.465. The third kappa shape index (κ3) is 2.23. The van der Waals surface area contributed by atoms with Gasteiger partial charge in [0.05, 0.1) is 12.7 Å². The average molecular weight is 274 g/mol. The summed E-state index contributed by atoms with van der Waals surface area (Å²) in [6.07, 6.45) is 6.52. The molecule has 0 aromatic heterocycles. The molecule has 1 heterocycles. The van der Waals surface area contributed by atoms with Crippen LogP contribution < -0.4 is 10.6 Å². The Labute approximate surface area is 119 Å². The van der Waals surface area contributed by atoms with Crippen molar-refractivity contribution in [2.45, 2.75) is 38.1 Å². The zero-order chi connectivity index (χ0) is 14.1.